The molecule has 0 amide bonds. The molecule has 1 aromatic rings. The molecule has 3 nitrogen and oxygen atoms in total. The van der Waals surface area contributed by atoms with Crippen molar-refractivity contribution in [3.8, 4) is 0 Å². The van der Waals surface area contributed by atoms with E-state index >= 15 is 0 Å². The minimum Gasteiger partial charge on any atom is -0.481 e. The van der Waals surface area contributed by atoms with Gasteiger partial charge >= 0.3 is 5.97 Å². The monoisotopic (exact) mass is 233 g/mol. The van der Waals surface area contributed by atoms with Crippen LogP contribution in [-0.4, -0.2) is 29.6 Å². The smallest absolute Gasteiger partial charge is 0.306 e. The Hall–Kier alpha value is -1.35. The lowest BCUT2D eigenvalue weighted by Crippen LogP contribution is -2.28. The fourth-order valence-electron chi connectivity index (χ4n) is 2.39. The Balaban J connectivity index is 2.26. The number of fused-ring (bicyclic) bond motifs is 1. The zero-order valence-corrected chi connectivity index (χ0v) is 10.4. The van der Waals surface area contributed by atoms with Crippen molar-refractivity contribution in [1.82, 2.24) is 4.90 Å². The maximum absolute atomic E-state index is 10.9. The molecule has 0 saturated carbocycles. The third kappa shape index (κ3) is 2.67. The number of rotatable bonds is 3. The van der Waals surface area contributed by atoms with Crippen LogP contribution in [0.3, 0.4) is 0 Å². The van der Waals surface area contributed by atoms with E-state index in [2.05, 4.69) is 24.1 Å². The van der Waals surface area contributed by atoms with Crippen LogP contribution in [0.25, 0.3) is 0 Å². The van der Waals surface area contributed by atoms with Gasteiger partial charge in [-0.15, -0.1) is 0 Å². The Morgan fingerprint density at radius 2 is 2.29 bits per heavy atom. The summed E-state index contributed by atoms with van der Waals surface area (Å²) in [5.41, 5.74) is 3.93. The summed E-state index contributed by atoms with van der Waals surface area (Å²) in [6.45, 7) is 3.80. The van der Waals surface area contributed by atoms with Gasteiger partial charge in [-0.25, -0.2) is 0 Å². The topological polar surface area (TPSA) is 40.5 Å². The fraction of sp³-hybridized carbons (Fsp3) is 0.500. The van der Waals surface area contributed by atoms with E-state index in [9.17, 15) is 4.79 Å². The highest BCUT2D eigenvalue weighted by molar-refractivity contribution is 5.70. The van der Waals surface area contributed by atoms with Crippen molar-refractivity contribution in [3.63, 3.8) is 0 Å². The molecule has 17 heavy (non-hydrogen) atoms. The van der Waals surface area contributed by atoms with E-state index in [1.807, 2.05) is 6.07 Å². The zero-order valence-electron chi connectivity index (χ0n) is 10.4. The van der Waals surface area contributed by atoms with E-state index < -0.39 is 5.97 Å². The molecule has 1 unspecified atom stereocenters. The van der Waals surface area contributed by atoms with E-state index in [0.29, 0.717) is 6.42 Å². The molecule has 1 atom stereocenters. The molecule has 1 heterocycles. The zero-order chi connectivity index (χ0) is 12.4. The average molecular weight is 233 g/mol. The lowest BCUT2D eigenvalue weighted by atomic mass is 9.90. The van der Waals surface area contributed by atoms with Crippen molar-refractivity contribution in [1.29, 1.82) is 0 Å². The van der Waals surface area contributed by atoms with Crippen LogP contribution >= 0.6 is 0 Å². The van der Waals surface area contributed by atoms with Crippen LogP contribution in [0, 0.1) is 5.92 Å². The number of aliphatic carboxylic acids is 1. The first-order valence-electron chi connectivity index (χ1n) is 6.09. The van der Waals surface area contributed by atoms with Gasteiger partial charge in [-0.05, 0) is 36.6 Å². The molecule has 0 bridgehead atoms. The molecule has 0 aromatic heterocycles. The van der Waals surface area contributed by atoms with E-state index in [4.69, 9.17) is 5.11 Å². The molecule has 0 radical (unpaired) electrons. The van der Waals surface area contributed by atoms with Crippen molar-refractivity contribution in [2.45, 2.75) is 26.3 Å². The van der Waals surface area contributed by atoms with Gasteiger partial charge in [-0.2, -0.15) is 0 Å². The molecule has 1 N–H and O–H groups in total. The van der Waals surface area contributed by atoms with Gasteiger partial charge in [0.15, 0.2) is 0 Å². The normalized spacial score (nSPS) is 17.5. The summed E-state index contributed by atoms with van der Waals surface area (Å²) in [5, 5.41) is 8.99. The van der Waals surface area contributed by atoms with Gasteiger partial charge in [0.2, 0.25) is 0 Å². The highest BCUT2D eigenvalue weighted by Crippen LogP contribution is 2.24. The summed E-state index contributed by atoms with van der Waals surface area (Å²) in [4.78, 5) is 13.2. The van der Waals surface area contributed by atoms with E-state index in [1.165, 1.54) is 16.7 Å². The van der Waals surface area contributed by atoms with Crippen LogP contribution < -0.4 is 0 Å². The number of benzene rings is 1. The number of carboxylic acid groups (broad SMARTS) is 1. The standard InChI is InChI=1S/C14H19NO2/c1-10(14(16)17)8-12-5-3-4-11-6-7-15(2)9-13(11)12/h3-5,10H,6-9H2,1-2H3,(H,16,17). The Morgan fingerprint density at radius 3 is 3.00 bits per heavy atom. The minimum atomic E-state index is -0.716. The molecule has 1 aromatic carbocycles. The second-order valence-corrected chi connectivity index (χ2v) is 4.99. The molecular weight excluding hydrogens is 214 g/mol. The molecule has 1 aliphatic heterocycles. The Morgan fingerprint density at radius 1 is 1.53 bits per heavy atom. The van der Waals surface area contributed by atoms with Crippen LogP contribution in [0.4, 0.5) is 0 Å². The van der Waals surface area contributed by atoms with E-state index in [-0.39, 0.29) is 5.92 Å². The van der Waals surface area contributed by atoms with Crippen LogP contribution in [0.2, 0.25) is 0 Å². The summed E-state index contributed by atoms with van der Waals surface area (Å²) in [5.74, 6) is -1.03. The first-order chi connectivity index (χ1) is 8.08. The predicted molar refractivity (Wildman–Crippen MR) is 67.0 cm³/mol. The second-order valence-electron chi connectivity index (χ2n) is 4.99. The van der Waals surface area contributed by atoms with Crippen LogP contribution in [0.1, 0.15) is 23.6 Å². The lowest BCUT2D eigenvalue weighted by molar-refractivity contribution is -0.141. The van der Waals surface area contributed by atoms with Crippen molar-refractivity contribution in [3.05, 3.63) is 34.9 Å². The van der Waals surface area contributed by atoms with Crippen LogP contribution in [0.5, 0.6) is 0 Å². The summed E-state index contributed by atoms with van der Waals surface area (Å²) >= 11 is 0. The molecule has 3 heteroatoms. The predicted octanol–water partition coefficient (Wildman–Crippen LogP) is 1.94. The average Bonchev–Trinajstić information content (AvgIpc) is 2.29. The molecule has 0 spiro atoms. The molecule has 2 rings (SSSR count). The number of carboxylic acids is 1. The van der Waals surface area contributed by atoms with Crippen molar-refractivity contribution >= 4 is 5.97 Å². The van der Waals surface area contributed by atoms with Gasteiger partial charge in [0.25, 0.3) is 0 Å². The van der Waals surface area contributed by atoms with Gasteiger partial charge < -0.3 is 10.0 Å². The first kappa shape index (κ1) is 12.1. The van der Waals surface area contributed by atoms with Gasteiger partial charge in [0.05, 0.1) is 5.92 Å². The number of nitrogens with zero attached hydrogens (tertiary/aromatic N) is 1. The highest BCUT2D eigenvalue weighted by atomic mass is 16.4. The summed E-state index contributed by atoms with van der Waals surface area (Å²) in [6, 6.07) is 6.28. The molecule has 1 aliphatic rings. The Bertz CT molecular complexity index is 428. The largest absolute Gasteiger partial charge is 0.481 e. The number of hydrogen-bond acceptors (Lipinski definition) is 2. The minimum absolute atomic E-state index is 0.311. The van der Waals surface area contributed by atoms with Gasteiger partial charge in [-0.1, -0.05) is 25.1 Å². The fourth-order valence-corrected chi connectivity index (χ4v) is 2.39. The third-order valence-electron chi connectivity index (χ3n) is 3.51. The summed E-state index contributed by atoms with van der Waals surface area (Å²) < 4.78 is 0. The maximum atomic E-state index is 10.9. The molecule has 92 valence electrons. The number of likely N-dealkylation sites (N-methyl/N-ethyl adjacent to an activating group) is 1. The SMILES string of the molecule is CC(Cc1cccc2c1CN(C)CC2)C(=O)O. The van der Waals surface area contributed by atoms with Crippen molar-refractivity contribution < 1.29 is 9.90 Å². The Kier molecular flexibility index (Phi) is 3.48. The van der Waals surface area contributed by atoms with E-state index in [1.54, 1.807) is 6.92 Å². The quantitative estimate of drug-likeness (QED) is 0.867. The highest BCUT2D eigenvalue weighted by Gasteiger charge is 2.19. The first-order valence-corrected chi connectivity index (χ1v) is 6.09. The van der Waals surface area contributed by atoms with Gasteiger partial charge in [0.1, 0.15) is 0 Å². The number of carbonyl (C=O) groups is 1. The van der Waals surface area contributed by atoms with Crippen molar-refractivity contribution in [2.75, 3.05) is 13.6 Å². The maximum Gasteiger partial charge on any atom is 0.306 e. The third-order valence-corrected chi connectivity index (χ3v) is 3.51. The number of hydrogen-bond donors (Lipinski definition) is 1. The molecular formula is C14H19NO2. The van der Waals surface area contributed by atoms with Crippen molar-refractivity contribution in [2.24, 2.45) is 5.92 Å². The lowest BCUT2D eigenvalue weighted by Gasteiger charge is -2.27. The van der Waals surface area contributed by atoms with Gasteiger partial charge in [0, 0.05) is 13.1 Å². The molecule has 0 fully saturated rings. The Labute approximate surface area is 102 Å². The molecule has 0 aliphatic carbocycles. The van der Waals surface area contributed by atoms with Crippen LogP contribution in [-0.2, 0) is 24.2 Å². The summed E-state index contributed by atoms with van der Waals surface area (Å²) in [7, 11) is 2.11. The van der Waals surface area contributed by atoms with Crippen LogP contribution in [0.15, 0.2) is 18.2 Å². The molecule has 0 saturated heterocycles. The van der Waals surface area contributed by atoms with Gasteiger partial charge in [-0.3, -0.25) is 4.79 Å². The second kappa shape index (κ2) is 4.88. The summed E-state index contributed by atoms with van der Waals surface area (Å²) in [6.07, 6.45) is 1.70. The van der Waals surface area contributed by atoms with E-state index in [0.717, 1.165) is 19.5 Å².